The second kappa shape index (κ2) is 5.58. The number of sulfone groups is 1. The molecule has 102 valence electrons. The van der Waals surface area contributed by atoms with Crippen LogP contribution in [0.15, 0.2) is 23.1 Å². The quantitative estimate of drug-likeness (QED) is 0.698. The van der Waals surface area contributed by atoms with Gasteiger partial charge in [-0.25, -0.2) is 8.42 Å². The molecule has 0 aromatic heterocycles. The molecule has 0 aliphatic rings. The van der Waals surface area contributed by atoms with Crippen molar-refractivity contribution in [1.82, 2.24) is 0 Å². The molecular weight excluding hydrogens is 252 g/mol. The second-order valence-corrected chi connectivity index (χ2v) is 6.65. The van der Waals surface area contributed by atoms with Crippen molar-refractivity contribution in [3.8, 4) is 0 Å². The highest BCUT2D eigenvalue weighted by Gasteiger charge is 2.17. The van der Waals surface area contributed by atoms with E-state index >= 15 is 0 Å². The Hall–Kier alpha value is -1.27. The lowest BCUT2D eigenvalue weighted by molar-refractivity contribution is 0.249. The number of aliphatic hydroxyl groups is 1. The van der Waals surface area contributed by atoms with Crippen LogP contribution in [-0.4, -0.2) is 32.4 Å². The van der Waals surface area contributed by atoms with Gasteiger partial charge in [0.2, 0.25) is 0 Å². The number of nitrogens with one attached hydrogen (secondary N) is 1. The SMILES string of the molecule is CC(C)[C@@H](CO)Nc1cccc(S(C)(=O)=O)c1N. The number of anilines is 2. The molecule has 0 aliphatic carbocycles. The van der Waals surface area contributed by atoms with Gasteiger partial charge in [-0.3, -0.25) is 0 Å². The summed E-state index contributed by atoms with van der Waals surface area (Å²) in [6.07, 6.45) is 1.12. The molecule has 1 rings (SSSR count). The highest BCUT2D eigenvalue weighted by molar-refractivity contribution is 7.90. The van der Waals surface area contributed by atoms with Crippen molar-refractivity contribution in [3.63, 3.8) is 0 Å². The Morgan fingerprint density at radius 2 is 2.00 bits per heavy atom. The summed E-state index contributed by atoms with van der Waals surface area (Å²) in [6.45, 7) is 3.88. The van der Waals surface area contributed by atoms with Gasteiger partial charge in [0.25, 0.3) is 0 Å². The molecule has 0 unspecified atom stereocenters. The maximum Gasteiger partial charge on any atom is 0.177 e. The molecule has 1 atom stereocenters. The fourth-order valence-corrected chi connectivity index (χ4v) is 2.45. The van der Waals surface area contributed by atoms with Crippen LogP contribution in [0.5, 0.6) is 0 Å². The van der Waals surface area contributed by atoms with Crippen molar-refractivity contribution >= 4 is 21.2 Å². The van der Waals surface area contributed by atoms with Gasteiger partial charge >= 0.3 is 0 Å². The molecule has 0 heterocycles. The smallest absolute Gasteiger partial charge is 0.177 e. The normalized spacial score (nSPS) is 13.6. The largest absolute Gasteiger partial charge is 0.396 e. The summed E-state index contributed by atoms with van der Waals surface area (Å²) in [5.41, 5.74) is 6.58. The van der Waals surface area contributed by atoms with E-state index in [0.29, 0.717) is 5.69 Å². The first-order chi connectivity index (χ1) is 8.27. The third-order valence-electron chi connectivity index (χ3n) is 2.81. The van der Waals surface area contributed by atoms with Crippen LogP contribution in [0.25, 0.3) is 0 Å². The van der Waals surface area contributed by atoms with Crippen LogP contribution >= 0.6 is 0 Å². The Bertz CT molecular complexity index is 512. The molecule has 0 fully saturated rings. The van der Waals surface area contributed by atoms with Gasteiger partial charge in [0.05, 0.1) is 28.9 Å². The Labute approximate surface area is 108 Å². The lowest BCUT2D eigenvalue weighted by Crippen LogP contribution is -2.29. The van der Waals surface area contributed by atoms with Gasteiger partial charge in [0.1, 0.15) is 0 Å². The Balaban J connectivity index is 3.12. The van der Waals surface area contributed by atoms with Crippen LogP contribution in [0.1, 0.15) is 13.8 Å². The summed E-state index contributed by atoms with van der Waals surface area (Å²) in [4.78, 5) is 0.105. The number of nitrogens with two attached hydrogens (primary N) is 1. The summed E-state index contributed by atoms with van der Waals surface area (Å²) < 4.78 is 23.1. The molecule has 5 nitrogen and oxygen atoms in total. The third-order valence-corrected chi connectivity index (χ3v) is 3.96. The van der Waals surface area contributed by atoms with E-state index in [1.807, 2.05) is 13.8 Å². The Morgan fingerprint density at radius 1 is 1.39 bits per heavy atom. The zero-order valence-electron chi connectivity index (χ0n) is 10.8. The maximum atomic E-state index is 11.5. The standard InChI is InChI=1S/C12H20N2O3S/c1-8(2)10(7-15)14-9-5-4-6-11(12(9)13)18(3,16)17/h4-6,8,10,14-15H,7,13H2,1-3H3/t10-/m1/s1. The van der Waals surface area contributed by atoms with Crippen LogP contribution in [0.3, 0.4) is 0 Å². The molecule has 0 radical (unpaired) electrons. The molecule has 0 spiro atoms. The number of para-hydroxylation sites is 1. The summed E-state index contributed by atoms with van der Waals surface area (Å²) in [6, 6.07) is 4.64. The number of aliphatic hydroxyl groups excluding tert-OH is 1. The zero-order valence-corrected chi connectivity index (χ0v) is 11.7. The van der Waals surface area contributed by atoms with Gasteiger partial charge in [-0.1, -0.05) is 19.9 Å². The first-order valence-corrected chi connectivity index (χ1v) is 7.62. The molecule has 0 saturated carbocycles. The molecule has 6 heteroatoms. The molecule has 0 amide bonds. The van der Waals surface area contributed by atoms with Crippen LogP contribution in [0.2, 0.25) is 0 Å². The molecule has 1 aromatic carbocycles. The molecule has 18 heavy (non-hydrogen) atoms. The highest BCUT2D eigenvalue weighted by atomic mass is 32.2. The summed E-state index contributed by atoms with van der Waals surface area (Å²) in [5.74, 6) is 0.205. The number of rotatable bonds is 5. The zero-order chi connectivity index (χ0) is 13.9. The average Bonchev–Trinajstić information content (AvgIpc) is 2.25. The fraction of sp³-hybridized carbons (Fsp3) is 0.500. The Kier molecular flexibility index (Phi) is 4.59. The lowest BCUT2D eigenvalue weighted by atomic mass is 10.0. The Morgan fingerprint density at radius 3 is 2.44 bits per heavy atom. The first-order valence-electron chi connectivity index (χ1n) is 5.73. The second-order valence-electron chi connectivity index (χ2n) is 4.67. The summed E-state index contributed by atoms with van der Waals surface area (Å²) in [7, 11) is -3.35. The minimum Gasteiger partial charge on any atom is -0.396 e. The van der Waals surface area contributed by atoms with Crippen molar-refractivity contribution in [2.75, 3.05) is 23.9 Å². The number of hydrogen-bond acceptors (Lipinski definition) is 5. The van der Waals surface area contributed by atoms with E-state index in [1.165, 1.54) is 6.07 Å². The van der Waals surface area contributed by atoms with Gasteiger partial charge in [0, 0.05) is 6.26 Å². The van der Waals surface area contributed by atoms with Crippen molar-refractivity contribution < 1.29 is 13.5 Å². The number of hydrogen-bond donors (Lipinski definition) is 3. The maximum absolute atomic E-state index is 11.5. The molecular formula is C12H20N2O3S. The predicted octanol–water partition coefficient (Wildman–Crippen LogP) is 1.10. The van der Waals surface area contributed by atoms with Crippen molar-refractivity contribution in [2.45, 2.75) is 24.8 Å². The fourth-order valence-electron chi connectivity index (χ4n) is 1.62. The minimum atomic E-state index is -3.35. The van der Waals surface area contributed by atoms with Gasteiger partial charge in [-0.2, -0.15) is 0 Å². The van der Waals surface area contributed by atoms with Gasteiger partial charge < -0.3 is 16.2 Å². The van der Waals surface area contributed by atoms with Crippen molar-refractivity contribution in [2.24, 2.45) is 5.92 Å². The highest BCUT2D eigenvalue weighted by Crippen LogP contribution is 2.27. The van der Waals surface area contributed by atoms with Gasteiger partial charge in [-0.05, 0) is 18.1 Å². The minimum absolute atomic E-state index is 0.0415. The van der Waals surface area contributed by atoms with Gasteiger partial charge in [0.15, 0.2) is 9.84 Å². The van der Waals surface area contributed by atoms with Crippen molar-refractivity contribution in [1.29, 1.82) is 0 Å². The van der Waals surface area contributed by atoms with E-state index in [9.17, 15) is 13.5 Å². The van der Waals surface area contributed by atoms with E-state index in [-0.39, 0.29) is 29.1 Å². The molecule has 4 N–H and O–H groups in total. The van der Waals surface area contributed by atoms with Gasteiger partial charge in [-0.15, -0.1) is 0 Å². The molecule has 0 bridgehead atoms. The predicted molar refractivity (Wildman–Crippen MR) is 73.3 cm³/mol. The number of benzene rings is 1. The first kappa shape index (κ1) is 14.8. The average molecular weight is 272 g/mol. The van der Waals surface area contributed by atoms with E-state index < -0.39 is 9.84 Å². The van der Waals surface area contributed by atoms with Crippen molar-refractivity contribution in [3.05, 3.63) is 18.2 Å². The van der Waals surface area contributed by atoms with Crippen LogP contribution in [-0.2, 0) is 9.84 Å². The topological polar surface area (TPSA) is 92.4 Å². The summed E-state index contributed by atoms with van der Waals surface area (Å²) >= 11 is 0. The van der Waals surface area contributed by atoms with E-state index in [4.69, 9.17) is 5.73 Å². The monoisotopic (exact) mass is 272 g/mol. The molecule has 1 aromatic rings. The number of nitrogen functional groups attached to an aromatic ring is 1. The van der Waals surface area contributed by atoms with E-state index in [1.54, 1.807) is 12.1 Å². The third kappa shape index (κ3) is 3.36. The van der Waals surface area contributed by atoms with Crippen LogP contribution in [0.4, 0.5) is 11.4 Å². The summed E-state index contributed by atoms with van der Waals surface area (Å²) in [5, 5.41) is 12.3. The molecule has 0 saturated heterocycles. The molecule has 0 aliphatic heterocycles. The lowest BCUT2D eigenvalue weighted by Gasteiger charge is -2.22. The van der Waals surface area contributed by atoms with Crippen LogP contribution < -0.4 is 11.1 Å². The van der Waals surface area contributed by atoms with Crippen LogP contribution in [0, 0.1) is 5.92 Å². The van der Waals surface area contributed by atoms with E-state index in [0.717, 1.165) is 6.26 Å². The van der Waals surface area contributed by atoms with E-state index in [2.05, 4.69) is 5.32 Å².